The van der Waals surface area contributed by atoms with Crippen LogP contribution in [0.15, 0.2) is 47.5 Å². The lowest BCUT2D eigenvalue weighted by atomic mass is 10.1. The summed E-state index contributed by atoms with van der Waals surface area (Å²) in [6.07, 6.45) is 3.19. The summed E-state index contributed by atoms with van der Waals surface area (Å²) in [6.45, 7) is 5.82. The van der Waals surface area contributed by atoms with Crippen LogP contribution in [0, 0.1) is 6.92 Å². The van der Waals surface area contributed by atoms with Gasteiger partial charge in [-0.25, -0.2) is 4.98 Å². The molecule has 6 heteroatoms. The van der Waals surface area contributed by atoms with Crippen molar-refractivity contribution >= 4 is 34.2 Å². The molecule has 0 radical (unpaired) electrons. The number of aromatic nitrogens is 2. The van der Waals surface area contributed by atoms with Gasteiger partial charge >= 0.3 is 0 Å². The minimum atomic E-state index is -0.483. The van der Waals surface area contributed by atoms with Crippen LogP contribution in [0.4, 0.5) is 5.82 Å². The van der Waals surface area contributed by atoms with E-state index in [0.717, 1.165) is 11.1 Å². The van der Waals surface area contributed by atoms with Crippen molar-refractivity contribution in [3.05, 3.63) is 69.1 Å². The minimum absolute atomic E-state index is 0.0634. The Morgan fingerprint density at radius 1 is 1.28 bits per heavy atom. The second-order valence-corrected chi connectivity index (χ2v) is 6.59. The molecule has 5 nitrogen and oxygen atoms in total. The fraction of sp³-hybridized carbons (Fsp3) is 0.211. The van der Waals surface area contributed by atoms with E-state index in [4.69, 9.17) is 11.6 Å². The van der Waals surface area contributed by atoms with Crippen LogP contribution in [-0.4, -0.2) is 15.5 Å². The van der Waals surface area contributed by atoms with E-state index >= 15 is 0 Å². The molecule has 0 bridgehead atoms. The fourth-order valence-corrected chi connectivity index (χ4v) is 2.88. The predicted octanol–water partition coefficient (Wildman–Crippen LogP) is 4.19. The number of rotatable bonds is 3. The number of pyridine rings is 2. The summed E-state index contributed by atoms with van der Waals surface area (Å²) in [7, 11) is 0. The molecule has 1 N–H and O–H groups in total. The van der Waals surface area contributed by atoms with Crippen LogP contribution in [0.3, 0.4) is 0 Å². The second-order valence-electron chi connectivity index (χ2n) is 6.16. The van der Waals surface area contributed by atoms with Crippen LogP contribution in [0.25, 0.3) is 10.9 Å². The van der Waals surface area contributed by atoms with E-state index in [2.05, 4.69) is 10.3 Å². The topological polar surface area (TPSA) is 64.0 Å². The quantitative estimate of drug-likeness (QED) is 0.766. The van der Waals surface area contributed by atoms with Crippen molar-refractivity contribution in [1.29, 1.82) is 0 Å². The molecule has 0 unspecified atom stereocenters. The van der Waals surface area contributed by atoms with Crippen LogP contribution in [0.5, 0.6) is 0 Å². The zero-order valence-corrected chi connectivity index (χ0v) is 15.0. The van der Waals surface area contributed by atoms with E-state index in [0.29, 0.717) is 16.2 Å². The maximum atomic E-state index is 12.8. The van der Waals surface area contributed by atoms with E-state index in [1.807, 2.05) is 31.4 Å². The summed E-state index contributed by atoms with van der Waals surface area (Å²) in [5.74, 6) is -0.0442. The van der Waals surface area contributed by atoms with Crippen LogP contribution in [0.2, 0.25) is 5.02 Å². The largest absolute Gasteiger partial charge is 0.344 e. The number of nitrogens with zero attached hydrogens (tertiary/aromatic N) is 2. The SMILES string of the molecule is Cc1cccnc1NC(=O)c1cn(C(C)C)c2ccc(Cl)cc2c1=O. The number of aryl methyl sites for hydroxylation is 1. The van der Waals surface area contributed by atoms with Crippen molar-refractivity contribution in [2.24, 2.45) is 0 Å². The summed E-state index contributed by atoms with van der Waals surface area (Å²) >= 11 is 6.05. The number of hydrogen-bond donors (Lipinski definition) is 1. The molecule has 0 aliphatic rings. The normalized spacial score (nSPS) is 11.1. The first-order valence-electron chi connectivity index (χ1n) is 7.96. The Hall–Kier alpha value is -2.66. The van der Waals surface area contributed by atoms with Gasteiger partial charge in [-0.3, -0.25) is 9.59 Å². The number of halogens is 1. The van der Waals surface area contributed by atoms with E-state index in [-0.39, 0.29) is 17.0 Å². The Balaban J connectivity index is 2.16. The first-order chi connectivity index (χ1) is 11.9. The molecule has 128 valence electrons. The van der Waals surface area contributed by atoms with Crippen LogP contribution >= 0.6 is 11.6 Å². The van der Waals surface area contributed by atoms with Gasteiger partial charge in [-0.1, -0.05) is 17.7 Å². The number of nitrogens with one attached hydrogen (secondary N) is 1. The maximum Gasteiger partial charge on any atom is 0.262 e. The first kappa shape index (κ1) is 17.2. The molecule has 0 fully saturated rings. The Bertz CT molecular complexity index is 1020. The van der Waals surface area contributed by atoms with E-state index in [1.54, 1.807) is 36.7 Å². The standard InChI is InChI=1S/C19H18ClN3O2/c1-11(2)23-10-15(17(24)14-9-13(20)6-7-16(14)23)19(25)22-18-12(3)5-4-8-21-18/h4-11H,1-3H3,(H,21,22,25). The van der Waals surface area contributed by atoms with Gasteiger partial charge < -0.3 is 9.88 Å². The molecule has 1 aromatic carbocycles. The minimum Gasteiger partial charge on any atom is -0.344 e. The lowest BCUT2D eigenvalue weighted by molar-refractivity contribution is 0.102. The number of amides is 1. The van der Waals surface area contributed by atoms with Gasteiger partial charge in [0.1, 0.15) is 11.4 Å². The maximum absolute atomic E-state index is 12.8. The number of anilines is 1. The average molecular weight is 356 g/mol. The van der Waals surface area contributed by atoms with Gasteiger partial charge in [0, 0.05) is 28.8 Å². The summed E-state index contributed by atoms with van der Waals surface area (Å²) in [5, 5.41) is 3.60. The molecule has 3 aromatic rings. The van der Waals surface area contributed by atoms with E-state index in [9.17, 15) is 9.59 Å². The number of carbonyl (C=O) groups excluding carboxylic acids is 1. The molecule has 1 amide bonds. The molecular weight excluding hydrogens is 338 g/mol. The van der Waals surface area contributed by atoms with Gasteiger partial charge in [0.15, 0.2) is 0 Å². The third-order valence-electron chi connectivity index (χ3n) is 4.04. The summed E-state index contributed by atoms with van der Waals surface area (Å²) in [4.78, 5) is 29.7. The third-order valence-corrected chi connectivity index (χ3v) is 4.27. The summed E-state index contributed by atoms with van der Waals surface area (Å²) in [6, 6.07) is 8.83. The highest BCUT2D eigenvalue weighted by molar-refractivity contribution is 6.31. The molecule has 2 heterocycles. The zero-order valence-electron chi connectivity index (χ0n) is 14.2. The van der Waals surface area contributed by atoms with Crippen molar-refractivity contribution in [1.82, 2.24) is 9.55 Å². The number of fused-ring (bicyclic) bond motifs is 1. The highest BCUT2D eigenvalue weighted by Crippen LogP contribution is 2.21. The van der Waals surface area contributed by atoms with Gasteiger partial charge in [0.2, 0.25) is 5.43 Å². The Morgan fingerprint density at radius 2 is 2.04 bits per heavy atom. The molecule has 25 heavy (non-hydrogen) atoms. The smallest absolute Gasteiger partial charge is 0.262 e. The van der Waals surface area contributed by atoms with Crippen molar-refractivity contribution in [3.63, 3.8) is 0 Å². The molecule has 0 atom stereocenters. The third kappa shape index (κ3) is 3.28. The Kier molecular flexibility index (Phi) is 4.59. The summed E-state index contributed by atoms with van der Waals surface area (Å²) in [5.41, 5.74) is 1.29. The van der Waals surface area contributed by atoms with Gasteiger partial charge in [-0.05, 0) is 50.6 Å². The van der Waals surface area contributed by atoms with Gasteiger partial charge in [0.25, 0.3) is 5.91 Å². The van der Waals surface area contributed by atoms with Gasteiger partial charge in [-0.15, -0.1) is 0 Å². The monoisotopic (exact) mass is 355 g/mol. The van der Waals surface area contributed by atoms with Gasteiger partial charge in [-0.2, -0.15) is 0 Å². The highest BCUT2D eigenvalue weighted by Gasteiger charge is 2.18. The summed E-state index contributed by atoms with van der Waals surface area (Å²) < 4.78 is 1.90. The van der Waals surface area contributed by atoms with Crippen molar-refractivity contribution < 1.29 is 4.79 Å². The number of benzene rings is 1. The van der Waals surface area contributed by atoms with Crippen LogP contribution < -0.4 is 10.7 Å². The molecule has 0 saturated carbocycles. The molecular formula is C19H18ClN3O2. The van der Waals surface area contributed by atoms with E-state index < -0.39 is 5.91 Å². The first-order valence-corrected chi connectivity index (χ1v) is 8.33. The lowest BCUT2D eigenvalue weighted by Gasteiger charge is -2.17. The van der Waals surface area contributed by atoms with Gasteiger partial charge in [0.05, 0.1) is 5.52 Å². The molecule has 0 aliphatic heterocycles. The number of hydrogen-bond acceptors (Lipinski definition) is 3. The Labute approximate surface area is 150 Å². The van der Waals surface area contributed by atoms with Crippen molar-refractivity contribution in [2.75, 3.05) is 5.32 Å². The average Bonchev–Trinajstić information content (AvgIpc) is 2.57. The fourth-order valence-electron chi connectivity index (χ4n) is 2.71. The zero-order chi connectivity index (χ0) is 18.1. The Morgan fingerprint density at radius 3 is 2.72 bits per heavy atom. The van der Waals surface area contributed by atoms with Crippen LogP contribution in [-0.2, 0) is 0 Å². The molecule has 0 saturated heterocycles. The molecule has 3 rings (SSSR count). The van der Waals surface area contributed by atoms with E-state index in [1.165, 1.54) is 0 Å². The number of carbonyl (C=O) groups is 1. The van der Waals surface area contributed by atoms with Crippen molar-refractivity contribution in [2.45, 2.75) is 26.8 Å². The highest BCUT2D eigenvalue weighted by atomic mass is 35.5. The van der Waals surface area contributed by atoms with Crippen molar-refractivity contribution in [3.8, 4) is 0 Å². The molecule has 0 spiro atoms. The second kappa shape index (κ2) is 6.69. The van der Waals surface area contributed by atoms with Crippen LogP contribution in [0.1, 0.15) is 35.8 Å². The lowest BCUT2D eigenvalue weighted by Crippen LogP contribution is -2.25. The predicted molar refractivity (Wildman–Crippen MR) is 101 cm³/mol. The molecule has 2 aromatic heterocycles. The molecule has 0 aliphatic carbocycles.